The Labute approximate surface area is 120 Å². The summed E-state index contributed by atoms with van der Waals surface area (Å²) in [5.41, 5.74) is 2.56. The molecule has 1 aliphatic rings. The monoisotopic (exact) mass is 280 g/mol. The summed E-state index contributed by atoms with van der Waals surface area (Å²) in [6, 6.07) is 6.33. The fourth-order valence-corrected chi connectivity index (χ4v) is 2.34. The van der Waals surface area contributed by atoms with Gasteiger partial charge in [-0.15, -0.1) is 0 Å². The molecule has 112 valence electrons. The molecule has 0 fully saturated rings. The molecule has 1 heterocycles. The van der Waals surface area contributed by atoms with Gasteiger partial charge in [0.15, 0.2) is 0 Å². The van der Waals surface area contributed by atoms with E-state index in [0.29, 0.717) is 26.2 Å². The molecule has 2 rings (SSSR count). The molecule has 1 atom stereocenters. The first-order chi connectivity index (χ1) is 9.79. The van der Waals surface area contributed by atoms with Gasteiger partial charge >= 0.3 is 0 Å². The van der Waals surface area contributed by atoms with Gasteiger partial charge in [0, 0.05) is 20.1 Å². The number of hydrogen-bond donors (Lipinski definition) is 1. The molecule has 0 bridgehead atoms. The predicted molar refractivity (Wildman–Crippen MR) is 77.3 cm³/mol. The Bertz CT molecular complexity index is 405. The number of aryl methyl sites for hydroxylation is 1. The van der Waals surface area contributed by atoms with E-state index < -0.39 is 0 Å². The van der Waals surface area contributed by atoms with Gasteiger partial charge in [-0.1, -0.05) is 12.1 Å². The molecule has 0 saturated heterocycles. The minimum absolute atomic E-state index is 0.304. The average molecular weight is 280 g/mol. The van der Waals surface area contributed by atoms with E-state index in [4.69, 9.17) is 14.2 Å². The average Bonchev–Trinajstić information content (AvgIpc) is 2.92. The second kappa shape index (κ2) is 8.25. The summed E-state index contributed by atoms with van der Waals surface area (Å²) in [6.07, 6.45) is 3.04. The van der Waals surface area contributed by atoms with Crippen molar-refractivity contribution in [3.63, 3.8) is 0 Å². The van der Waals surface area contributed by atoms with E-state index in [1.165, 1.54) is 11.1 Å². The van der Waals surface area contributed by atoms with Crippen molar-refractivity contribution in [2.24, 2.45) is 0 Å². The van der Waals surface area contributed by atoms with E-state index in [2.05, 4.69) is 12.1 Å². The number of methoxy groups -OCH3 is 1. The van der Waals surface area contributed by atoms with Crippen LogP contribution in [0.2, 0.25) is 0 Å². The fourth-order valence-electron chi connectivity index (χ4n) is 2.34. The zero-order chi connectivity index (χ0) is 14.2. The van der Waals surface area contributed by atoms with E-state index in [-0.39, 0.29) is 6.10 Å². The topological polar surface area (TPSA) is 47.9 Å². The molecule has 1 unspecified atom stereocenters. The van der Waals surface area contributed by atoms with Gasteiger partial charge in [-0.05, 0) is 36.5 Å². The lowest BCUT2D eigenvalue weighted by Gasteiger charge is -2.11. The zero-order valence-corrected chi connectivity index (χ0v) is 12.1. The summed E-state index contributed by atoms with van der Waals surface area (Å²) in [7, 11) is 1.65. The van der Waals surface area contributed by atoms with Gasteiger partial charge in [-0.2, -0.15) is 0 Å². The third kappa shape index (κ3) is 4.78. The fraction of sp³-hybridized carbons (Fsp3) is 0.625. The van der Waals surface area contributed by atoms with Crippen molar-refractivity contribution in [3.8, 4) is 5.75 Å². The highest BCUT2D eigenvalue weighted by Gasteiger charge is 2.12. The van der Waals surface area contributed by atoms with Crippen LogP contribution in [0.15, 0.2) is 18.2 Å². The maximum atomic E-state index is 9.92. The van der Waals surface area contributed by atoms with E-state index in [1.807, 2.05) is 6.07 Å². The molecule has 0 radical (unpaired) electrons. The molecule has 1 aromatic rings. The lowest BCUT2D eigenvalue weighted by molar-refractivity contribution is 0.0461. The summed E-state index contributed by atoms with van der Waals surface area (Å²) < 4.78 is 15.7. The summed E-state index contributed by atoms with van der Waals surface area (Å²) >= 11 is 0. The third-order valence-corrected chi connectivity index (χ3v) is 3.55. The normalized spacial score (nSPS) is 14.9. The van der Waals surface area contributed by atoms with Gasteiger partial charge in [0.2, 0.25) is 0 Å². The predicted octanol–water partition coefficient (Wildman–Crippen LogP) is 1.97. The van der Waals surface area contributed by atoms with Crippen LogP contribution in [-0.2, 0) is 22.3 Å². The first-order valence-corrected chi connectivity index (χ1v) is 7.29. The molecule has 0 aliphatic carbocycles. The number of aliphatic hydroxyl groups is 1. The number of hydrogen-bond acceptors (Lipinski definition) is 4. The van der Waals surface area contributed by atoms with E-state index in [9.17, 15) is 5.11 Å². The third-order valence-electron chi connectivity index (χ3n) is 3.55. The molecule has 1 aliphatic heterocycles. The molecule has 0 amide bonds. The van der Waals surface area contributed by atoms with Crippen LogP contribution >= 0.6 is 0 Å². The SMILES string of the molecule is COCCOCCC(O)CCc1ccc2c(c1)CCO2. The Morgan fingerprint density at radius 2 is 2.15 bits per heavy atom. The second-order valence-corrected chi connectivity index (χ2v) is 5.13. The zero-order valence-electron chi connectivity index (χ0n) is 12.1. The highest BCUT2D eigenvalue weighted by atomic mass is 16.5. The van der Waals surface area contributed by atoms with Crippen LogP contribution in [0.1, 0.15) is 24.0 Å². The first kappa shape index (κ1) is 15.3. The van der Waals surface area contributed by atoms with Gasteiger partial charge in [-0.3, -0.25) is 0 Å². The molecule has 1 aromatic carbocycles. The van der Waals surface area contributed by atoms with Crippen LogP contribution in [-0.4, -0.2) is 44.7 Å². The van der Waals surface area contributed by atoms with Crippen LogP contribution in [0.3, 0.4) is 0 Å². The van der Waals surface area contributed by atoms with Crippen molar-refractivity contribution in [1.29, 1.82) is 0 Å². The highest BCUT2D eigenvalue weighted by molar-refractivity contribution is 5.39. The number of benzene rings is 1. The molecule has 0 saturated carbocycles. The van der Waals surface area contributed by atoms with Crippen molar-refractivity contribution < 1.29 is 19.3 Å². The second-order valence-electron chi connectivity index (χ2n) is 5.13. The number of rotatable bonds is 9. The van der Waals surface area contributed by atoms with E-state index >= 15 is 0 Å². The van der Waals surface area contributed by atoms with Gasteiger partial charge < -0.3 is 19.3 Å². The molecule has 4 heteroatoms. The summed E-state index contributed by atoms with van der Waals surface area (Å²) in [5, 5.41) is 9.92. The molecular weight excluding hydrogens is 256 g/mol. The van der Waals surface area contributed by atoms with Crippen molar-refractivity contribution >= 4 is 0 Å². The van der Waals surface area contributed by atoms with E-state index in [1.54, 1.807) is 7.11 Å². The van der Waals surface area contributed by atoms with Crippen LogP contribution < -0.4 is 4.74 Å². The standard InChI is InChI=1S/C16H24O4/c1-18-10-11-19-8-7-15(17)4-2-13-3-5-16-14(12-13)6-9-20-16/h3,5,12,15,17H,2,4,6-11H2,1H3. The lowest BCUT2D eigenvalue weighted by Crippen LogP contribution is -2.13. The van der Waals surface area contributed by atoms with Gasteiger partial charge in [-0.25, -0.2) is 0 Å². The molecule has 0 spiro atoms. The van der Waals surface area contributed by atoms with E-state index in [0.717, 1.165) is 31.6 Å². The Morgan fingerprint density at radius 3 is 3.00 bits per heavy atom. The number of aliphatic hydroxyl groups excluding tert-OH is 1. The van der Waals surface area contributed by atoms with Crippen molar-refractivity contribution in [1.82, 2.24) is 0 Å². The maximum Gasteiger partial charge on any atom is 0.122 e. The van der Waals surface area contributed by atoms with Crippen LogP contribution in [0, 0.1) is 0 Å². The minimum Gasteiger partial charge on any atom is -0.493 e. The van der Waals surface area contributed by atoms with Gasteiger partial charge in [0.05, 0.1) is 25.9 Å². The molecule has 1 N–H and O–H groups in total. The largest absolute Gasteiger partial charge is 0.493 e. The van der Waals surface area contributed by atoms with Gasteiger partial charge in [0.25, 0.3) is 0 Å². The summed E-state index contributed by atoms with van der Waals surface area (Å²) in [4.78, 5) is 0. The molecular formula is C16H24O4. The Kier molecular flexibility index (Phi) is 6.30. The highest BCUT2D eigenvalue weighted by Crippen LogP contribution is 2.26. The molecule has 20 heavy (non-hydrogen) atoms. The van der Waals surface area contributed by atoms with Crippen molar-refractivity contribution in [2.45, 2.75) is 31.8 Å². The van der Waals surface area contributed by atoms with Crippen LogP contribution in [0.25, 0.3) is 0 Å². The quantitative estimate of drug-likeness (QED) is 0.703. The van der Waals surface area contributed by atoms with Crippen molar-refractivity contribution in [2.75, 3.05) is 33.5 Å². The number of ether oxygens (including phenoxy) is 3. The smallest absolute Gasteiger partial charge is 0.122 e. The molecule has 4 nitrogen and oxygen atoms in total. The Balaban J connectivity index is 1.64. The summed E-state index contributed by atoms with van der Waals surface area (Å²) in [6.45, 7) is 2.57. The van der Waals surface area contributed by atoms with Gasteiger partial charge in [0.1, 0.15) is 5.75 Å². The summed E-state index contributed by atoms with van der Waals surface area (Å²) in [5.74, 6) is 1.01. The Hall–Kier alpha value is -1.10. The Morgan fingerprint density at radius 1 is 1.25 bits per heavy atom. The first-order valence-electron chi connectivity index (χ1n) is 7.29. The maximum absolute atomic E-state index is 9.92. The van der Waals surface area contributed by atoms with Crippen LogP contribution in [0.4, 0.5) is 0 Å². The van der Waals surface area contributed by atoms with Crippen LogP contribution in [0.5, 0.6) is 5.75 Å². The van der Waals surface area contributed by atoms with Crippen molar-refractivity contribution in [3.05, 3.63) is 29.3 Å². The number of fused-ring (bicyclic) bond motifs is 1. The molecule has 0 aromatic heterocycles. The minimum atomic E-state index is -0.304. The lowest BCUT2D eigenvalue weighted by atomic mass is 10.0.